The Morgan fingerprint density at radius 3 is 2.87 bits per heavy atom. The molecule has 0 unspecified atom stereocenters. The van der Waals surface area contributed by atoms with Gasteiger partial charge in [-0.05, 0) is 24.8 Å². The molecule has 0 spiro atoms. The van der Waals surface area contributed by atoms with E-state index >= 15 is 0 Å². The third-order valence-electron chi connectivity index (χ3n) is 4.10. The quantitative estimate of drug-likeness (QED) is 0.882. The van der Waals surface area contributed by atoms with Crippen molar-refractivity contribution in [2.45, 2.75) is 44.6 Å². The standard InChI is InChI=1S/C16H20N4O2S/c17-15(21)9-20-8-13(7-18-20)19-16(22)12-6-14(23-10-12)11-4-2-1-3-5-11/h6-8,10-11H,1-5,9H2,(H2,17,21)(H,19,22). The highest BCUT2D eigenvalue weighted by Crippen LogP contribution is 2.36. The zero-order valence-electron chi connectivity index (χ0n) is 12.8. The van der Waals surface area contributed by atoms with Gasteiger partial charge in [0.1, 0.15) is 6.54 Å². The largest absolute Gasteiger partial charge is 0.368 e. The second-order valence-corrected chi connectivity index (χ2v) is 6.86. The van der Waals surface area contributed by atoms with E-state index in [9.17, 15) is 9.59 Å². The Balaban J connectivity index is 1.63. The normalized spacial score (nSPS) is 15.5. The molecule has 23 heavy (non-hydrogen) atoms. The van der Waals surface area contributed by atoms with Gasteiger partial charge in [0.2, 0.25) is 5.91 Å². The molecule has 122 valence electrons. The highest BCUT2D eigenvalue weighted by Gasteiger charge is 2.19. The van der Waals surface area contributed by atoms with Crippen LogP contribution in [0, 0.1) is 0 Å². The Kier molecular flexibility index (Phi) is 4.76. The van der Waals surface area contributed by atoms with E-state index in [-0.39, 0.29) is 12.5 Å². The number of carbonyl (C=O) groups is 2. The molecule has 7 heteroatoms. The van der Waals surface area contributed by atoms with Crippen molar-refractivity contribution in [1.29, 1.82) is 0 Å². The van der Waals surface area contributed by atoms with Gasteiger partial charge < -0.3 is 11.1 Å². The number of nitrogens with zero attached hydrogens (tertiary/aromatic N) is 2. The molecule has 1 fully saturated rings. The van der Waals surface area contributed by atoms with Gasteiger partial charge in [-0.25, -0.2) is 0 Å². The van der Waals surface area contributed by atoms with Gasteiger partial charge in [-0.15, -0.1) is 11.3 Å². The van der Waals surface area contributed by atoms with E-state index in [0.29, 0.717) is 17.2 Å². The van der Waals surface area contributed by atoms with E-state index in [4.69, 9.17) is 5.73 Å². The maximum absolute atomic E-state index is 12.3. The number of hydrogen-bond acceptors (Lipinski definition) is 4. The minimum Gasteiger partial charge on any atom is -0.368 e. The van der Waals surface area contributed by atoms with Gasteiger partial charge >= 0.3 is 0 Å². The molecular formula is C16H20N4O2S. The molecule has 2 aromatic heterocycles. The average molecular weight is 332 g/mol. The van der Waals surface area contributed by atoms with Crippen LogP contribution in [0.5, 0.6) is 0 Å². The monoisotopic (exact) mass is 332 g/mol. The summed E-state index contributed by atoms with van der Waals surface area (Å²) in [5.41, 5.74) is 6.35. The van der Waals surface area contributed by atoms with Gasteiger partial charge in [0.15, 0.2) is 0 Å². The molecule has 3 rings (SSSR count). The van der Waals surface area contributed by atoms with Crippen molar-refractivity contribution in [3.05, 3.63) is 34.3 Å². The minimum atomic E-state index is -0.471. The first kappa shape index (κ1) is 15.7. The molecule has 0 radical (unpaired) electrons. The average Bonchev–Trinajstić information content (AvgIpc) is 3.17. The Morgan fingerprint density at radius 2 is 2.13 bits per heavy atom. The molecule has 2 heterocycles. The first-order chi connectivity index (χ1) is 11.1. The summed E-state index contributed by atoms with van der Waals surface area (Å²) in [5.74, 6) is -0.0171. The molecule has 0 aliphatic heterocycles. The number of nitrogens with one attached hydrogen (secondary N) is 1. The molecule has 0 saturated heterocycles. The third-order valence-corrected chi connectivity index (χ3v) is 5.19. The number of amides is 2. The highest BCUT2D eigenvalue weighted by atomic mass is 32.1. The van der Waals surface area contributed by atoms with Gasteiger partial charge in [-0.2, -0.15) is 5.10 Å². The van der Waals surface area contributed by atoms with Crippen LogP contribution in [0.3, 0.4) is 0 Å². The van der Waals surface area contributed by atoms with Crippen molar-refractivity contribution in [3.63, 3.8) is 0 Å². The Morgan fingerprint density at radius 1 is 1.35 bits per heavy atom. The zero-order chi connectivity index (χ0) is 16.2. The number of anilines is 1. The lowest BCUT2D eigenvalue weighted by molar-refractivity contribution is -0.118. The maximum atomic E-state index is 12.3. The molecular weight excluding hydrogens is 312 g/mol. The topological polar surface area (TPSA) is 90.0 Å². The Labute approximate surface area is 138 Å². The lowest BCUT2D eigenvalue weighted by Gasteiger charge is -2.19. The second kappa shape index (κ2) is 6.95. The summed E-state index contributed by atoms with van der Waals surface area (Å²) in [7, 11) is 0. The Hall–Kier alpha value is -2.15. The summed E-state index contributed by atoms with van der Waals surface area (Å²) in [6, 6.07) is 2.00. The van der Waals surface area contributed by atoms with Crippen LogP contribution in [-0.2, 0) is 11.3 Å². The van der Waals surface area contributed by atoms with Crippen LogP contribution in [0.25, 0.3) is 0 Å². The van der Waals surface area contributed by atoms with Crippen molar-refractivity contribution in [3.8, 4) is 0 Å². The molecule has 3 N–H and O–H groups in total. The van der Waals surface area contributed by atoms with Gasteiger partial charge in [0.05, 0.1) is 17.4 Å². The molecule has 6 nitrogen and oxygen atoms in total. The van der Waals surface area contributed by atoms with Crippen molar-refractivity contribution in [2.75, 3.05) is 5.32 Å². The van der Waals surface area contributed by atoms with Crippen LogP contribution in [0.1, 0.15) is 53.3 Å². The smallest absolute Gasteiger partial charge is 0.256 e. The number of primary amides is 1. The SMILES string of the molecule is NC(=O)Cn1cc(NC(=O)c2csc(C3CCCCC3)c2)cn1. The van der Waals surface area contributed by atoms with E-state index in [2.05, 4.69) is 10.4 Å². The van der Waals surface area contributed by atoms with Gasteiger partial charge in [-0.3, -0.25) is 14.3 Å². The summed E-state index contributed by atoms with van der Waals surface area (Å²) < 4.78 is 1.40. The molecule has 2 amide bonds. The predicted molar refractivity (Wildman–Crippen MR) is 89.5 cm³/mol. The van der Waals surface area contributed by atoms with Crippen LogP contribution in [0.15, 0.2) is 23.8 Å². The number of rotatable bonds is 5. The van der Waals surface area contributed by atoms with Gasteiger partial charge in [0.25, 0.3) is 5.91 Å². The first-order valence-corrected chi connectivity index (χ1v) is 8.70. The number of thiophene rings is 1. The fourth-order valence-electron chi connectivity index (χ4n) is 2.95. The highest BCUT2D eigenvalue weighted by molar-refractivity contribution is 7.10. The molecule has 1 saturated carbocycles. The van der Waals surface area contributed by atoms with Gasteiger partial charge in [-0.1, -0.05) is 19.3 Å². The summed E-state index contributed by atoms with van der Waals surface area (Å²) >= 11 is 1.67. The summed E-state index contributed by atoms with van der Waals surface area (Å²) in [6.45, 7) is 0.000148. The molecule has 0 atom stereocenters. The fourth-order valence-corrected chi connectivity index (χ4v) is 4.01. The van der Waals surface area contributed by atoms with Crippen LogP contribution in [0.4, 0.5) is 5.69 Å². The molecule has 1 aliphatic rings. The van der Waals surface area contributed by atoms with Gasteiger partial charge in [0, 0.05) is 16.5 Å². The summed E-state index contributed by atoms with van der Waals surface area (Å²) in [4.78, 5) is 24.5. The zero-order valence-corrected chi connectivity index (χ0v) is 13.6. The number of carbonyl (C=O) groups excluding carboxylic acids is 2. The van der Waals surface area contributed by atoms with E-state index in [1.54, 1.807) is 17.5 Å². The van der Waals surface area contributed by atoms with Crippen LogP contribution in [-0.4, -0.2) is 21.6 Å². The van der Waals surface area contributed by atoms with E-state index in [1.165, 1.54) is 47.9 Å². The second-order valence-electron chi connectivity index (χ2n) is 5.92. The molecule has 0 bridgehead atoms. The van der Waals surface area contributed by atoms with Crippen molar-refractivity contribution in [2.24, 2.45) is 5.73 Å². The lowest BCUT2D eigenvalue weighted by atomic mass is 9.88. The third kappa shape index (κ3) is 3.98. The molecule has 2 aromatic rings. The molecule has 0 aromatic carbocycles. The van der Waals surface area contributed by atoms with Crippen molar-refractivity contribution < 1.29 is 9.59 Å². The van der Waals surface area contributed by atoms with Crippen LogP contribution >= 0.6 is 11.3 Å². The lowest BCUT2D eigenvalue weighted by Crippen LogP contribution is -2.18. The summed E-state index contributed by atoms with van der Waals surface area (Å²) in [6.07, 6.45) is 9.44. The molecule has 1 aliphatic carbocycles. The number of hydrogen-bond donors (Lipinski definition) is 2. The summed E-state index contributed by atoms with van der Waals surface area (Å²) in [5, 5.41) is 8.70. The van der Waals surface area contributed by atoms with E-state index in [0.717, 1.165) is 0 Å². The van der Waals surface area contributed by atoms with E-state index < -0.39 is 5.91 Å². The minimum absolute atomic E-state index is 0.000148. The van der Waals surface area contributed by atoms with Crippen molar-refractivity contribution >= 4 is 28.8 Å². The first-order valence-electron chi connectivity index (χ1n) is 7.82. The predicted octanol–water partition coefficient (Wildman–Crippen LogP) is 2.73. The van der Waals surface area contributed by atoms with Crippen molar-refractivity contribution in [1.82, 2.24) is 9.78 Å². The van der Waals surface area contributed by atoms with Crippen LogP contribution < -0.4 is 11.1 Å². The Bertz CT molecular complexity index is 701. The maximum Gasteiger partial charge on any atom is 0.256 e. The fraction of sp³-hybridized carbons (Fsp3) is 0.438. The van der Waals surface area contributed by atoms with E-state index in [1.807, 2.05) is 11.4 Å². The van der Waals surface area contributed by atoms with Crippen LogP contribution in [0.2, 0.25) is 0 Å². The number of aromatic nitrogens is 2. The number of nitrogens with two attached hydrogens (primary N) is 1.